The van der Waals surface area contributed by atoms with Crippen LogP contribution in [0, 0.1) is 0 Å². The molecule has 5 heteroatoms. The number of hydrogen-bond donors (Lipinski definition) is 2. The molecule has 0 spiro atoms. The highest BCUT2D eigenvalue weighted by molar-refractivity contribution is 5.79. The van der Waals surface area contributed by atoms with E-state index in [2.05, 4.69) is 16.7 Å². The van der Waals surface area contributed by atoms with Crippen molar-refractivity contribution in [3.05, 3.63) is 0 Å². The van der Waals surface area contributed by atoms with Crippen molar-refractivity contribution in [2.45, 2.75) is 44.2 Å². The number of hydrogen-bond acceptors (Lipinski definition) is 4. The van der Waals surface area contributed by atoms with Gasteiger partial charge in [0.1, 0.15) is 5.54 Å². The van der Waals surface area contributed by atoms with Gasteiger partial charge in [-0.25, -0.2) is 0 Å². The van der Waals surface area contributed by atoms with Gasteiger partial charge in [0, 0.05) is 19.1 Å². The van der Waals surface area contributed by atoms with E-state index in [4.69, 9.17) is 10.8 Å². The van der Waals surface area contributed by atoms with E-state index in [1.807, 2.05) is 0 Å². The van der Waals surface area contributed by atoms with E-state index in [-0.39, 0.29) is 0 Å². The van der Waals surface area contributed by atoms with Gasteiger partial charge in [-0.15, -0.1) is 0 Å². The quantitative estimate of drug-likeness (QED) is 0.761. The standard InChI is InChI=1S/C13H25N3O2/c1-2-15-7-3-4-11(5-8-15)16-9-6-13(14,10-16)12(17)18/h11H,2-10,14H2,1H3,(H,17,18). The van der Waals surface area contributed by atoms with Crippen LogP contribution in [0.2, 0.25) is 0 Å². The molecule has 0 aromatic heterocycles. The average Bonchev–Trinajstić information content (AvgIpc) is 2.62. The fraction of sp³-hybridized carbons (Fsp3) is 0.923. The van der Waals surface area contributed by atoms with Crippen LogP contribution < -0.4 is 5.73 Å². The van der Waals surface area contributed by atoms with Crippen LogP contribution in [0.1, 0.15) is 32.6 Å². The van der Waals surface area contributed by atoms with Crippen molar-refractivity contribution in [1.82, 2.24) is 9.80 Å². The maximum atomic E-state index is 11.2. The molecular formula is C13H25N3O2. The first kappa shape index (κ1) is 13.8. The first-order chi connectivity index (χ1) is 8.55. The van der Waals surface area contributed by atoms with Gasteiger partial charge in [0.05, 0.1) is 0 Å². The SMILES string of the molecule is CCN1CCCC(N2CCC(N)(C(=O)O)C2)CC1. The number of carboxylic acids is 1. The van der Waals surface area contributed by atoms with Gasteiger partial charge in [0.25, 0.3) is 0 Å². The summed E-state index contributed by atoms with van der Waals surface area (Å²) < 4.78 is 0. The lowest BCUT2D eigenvalue weighted by molar-refractivity contribution is -0.142. The molecule has 5 nitrogen and oxygen atoms in total. The minimum atomic E-state index is -1.02. The molecule has 0 aromatic rings. The Morgan fingerprint density at radius 2 is 2.17 bits per heavy atom. The molecule has 0 radical (unpaired) electrons. The van der Waals surface area contributed by atoms with Crippen molar-refractivity contribution in [3.8, 4) is 0 Å². The van der Waals surface area contributed by atoms with Gasteiger partial charge < -0.3 is 15.7 Å². The first-order valence-electron chi connectivity index (χ1n) is 7.04. The van der Waals surface area contributed by atoms with Gasteiger partial charge in [-0.3, -0.25) is 9.69 Å². The zero-order valence-electron chi connectivity index (χ0n) is 11.3. The Morgan fingerprint density at radius 3 is 2.78 bits per heavy atom. The molecular weight excluding hydrogens is 230 g/mol. The Labute approximate surface area is 109 Å². The van der Waals surface area contributed by atoms with Gasteiger partial charge >= 0.3 is 5.97 Å². The van der Waals surface area contributed by atoms with Crippen LogP contribution in [0.4, 0.5) is 0 Å². The Balaban J connectivity index is 1.91. The molecule has 2 saturated heterocycles. The van der Waals surface area contributed by atoms with Crippen LogP contribution in [0.5, 0.6) is 0 Å². The molecule has 18 heavy (non-hydrogen) atoms. The highest BCUT2D eigenvalue weighted by Crippen LogP contribution is 2.25. The topological polar surface area (TPSA) is 69.8 Å². The number of nitrogens with zero attached hydrogens (tertiary/aromatic N) is 2. The normalized spacial score (nSPS) is 35.6. The molecule has 0 aliphatic carbocycles. The monoisotopic (exact) mass is 255 g/mol. The van der Waals surface area contributed by atoms with Crippen molar-refractivity contribution >= 4 is 5.97 Å². The van der Waals surface area contributed by atoms with Gasteiger partial charge in [-0.05, 0) is 45.3 Å². The van der Waals surface area contributed by atoms with Gasteiger partial charge in [0.2, 0.25) is 0 Å². The summed E-state index contributed by atoms with van der Waals surface area (Å²) in [5.41, 5.74) is 4.92. The Morgan fingerprint density at radius 1 is 1.39 bits per heavy atom. The number of likely N-dealkylation sites (tertiary alicyclic amines) is 2. The molecule has 0 saturated carbocycles. The molecule has 104 valence electrons. The van der Waals surface area contributed by atoms with Crippen molar-refractivity contribution in [2.75, 3.05) is 32.7 Å². The van der Waals surface area contributed by atoms with Crippen LogP contribution in [0.25, 0.3) is 0 Å². The number of carbonyl (C=O) groups is 1. The smallest absolute Gasteiger partial charge is 0.325 e. The summed E-state index contributed by atoms with van der Waals surface area (Å²) in [6, 6.07) is 0.520. The third-order valence-corrected chi connectivity index (χ3v) is 4.51. The summed E-state index contributed by atoms with van der Waals surface area (Å²) in [6.07, 6.45) is 4.10. The summed E-state index contributed by atoms with van der Waals surface area (Å²) >= 11 is 0. The largest absolute Gasteiger partial charge is 0.480 e. The van der Waals surface area contributed by atoms with E-state index in [0.717, 1.165) is 26.1 Å². The predicted octanol–water partition coefficient (Wildman–Crippen LogP) is 0.349. The highest BCUT2D eigenvalue weighted by Gasteiger charge is 2.43. The maximum Gasteiger partial charge on any atom is 0.325 e. The molecule has 2 aliphatic rings. The van der Waals surface area contributed by atoms with E-state index in [9.17, 15) is 4.79 Å². The molecule has 2 fully saturated rings. The summed E-state index contributed by atoms with van der Waals surface area (Å²) in [4.78, 5) is 15.9. The molecule has 3 N–H and O–H groups in total. The lowest BCUT2D eigenvalue weighted by atomic mass is 10.0. The minimum Gasteiger partial charge on any atom is -0.480 e. The molecule has 2 heterocycles. The molecule has 2 unspecified atom stereocenters. The zero-order valence-corrected chi connectivity index (χ0v) is 11.3. The lowest BCUT2D eigenvalue weighted by Gasteiger charge is -2.28. The number of rotatable bonds is 3. The Hall–Kier alpha value is -0.650. The number of nitrogens with two attached hydrogens (primary N) is 1. The Kier molecular flexibility index (Phi) is 4.25. The summed E-state index contributed by atoms with van der Waals surface area (Å²) in [5, 5.41) is 9.16. The van der Waals surface area contributed by atoms with Crippen molar-refractivity contribution in [1.29, 1.82) is 0 Å². The van der Waals surface area contributed by atoms with Crippen LogP contribution in [-0.4, -0.2) is 65.2 Å². The molecule has 0 amide bonds. The second kappa shape index (κ2) is 5.55. The summed E-state index contributed by atoms with van der Waals surface area (Å²) in [5.74, 6) is -0.853. The van der Waals surface area contributed by atoms with E-state index < -0.39 is 11.5 Å². The van der Waals surface area contributed by atoms with Gasteiger partial charge in [-0.2, -0.15) is 0 Å². The van der Waals surface area contributed by atoms with Crippen LogP contribution in [0.15, 0.2) is 0 Å². The third kappa shape index (κ3) is 2.84. The maximum absolute atomic E-state index is 11.2. The number of aliphatic carboxylic acids is 1. The molecule has 0 bridgehead atoms. The molecule has 2 rings (SSSR count). The van der Waals surface area contributed by atoms with Crippen molar-refractivity contribution in [2.24, 2.45) is 5.73 Å². The summed E-state index contributed by atoms with van der Waals surface area (Å²) in [6.45, 7) is 6.96. The Bertz CT molecular complexity index is 311. The number of carboxylic acid groups (broad SMARTS) is 1. The minimum absolute atomic E-state index is 0.513. The highest BCUT2D eigenvalue weighted by atomic mass is 16.4. The fourth-order valence-corrected chi connectivity index (χ4v) is 3.17. The van der Waals surface area contributed by atoms with Crippen LogP contribution >= 0.6 is 0 Å². The molecule has 2 atom stereocenters. The van der Waals surface area contributed by atoms with Crippen LogP contribution in [-0.2, 0) is 4.79 Å². The van der Waals surface area contributed by atoms with Crippen LogP contribution in [0.3, 0.4) is 0 Å². The van der Waals surface area contributed by atoms with Gasteiger partial charge in [-0.1, -0.05) is 6.92 Å². The van der Waals surface area contributed by atoms with Gasteiger partial charge in [0.15, 0.2) is 0 Å². The second-order valence-corrected chi connectivity index (χ2v) is 5.70. The molecule has 2 aliphatic heterocycles. The van der Waals surface area contributed by atoms with Crippen molar-refractivity contribution < 1.29 is 9.90 Å². The fourth-order valence-electron chi connectivity index (χ4n) is 3.17. The van der Waals surface area contributed by atoms with E-state index in [1.54, 1.807) is 0 Å². The molecule has 0 aromatic carbocycles. The first-order valence-corrected chi connectivity index (χ1v) is 7.04. The lowest BCUT2D eigenvalue weighted by Crippen LogP contribution is -2.51. The summed E-state index contributed by atoms with van der Waals surface area (Å²) in [7, 11) is 0. The second-order valence-electron chi connectivity index (χ2n) is 5.70. The third-order valence-electron chi connectivity index (χ3n) is 4.51. The van der Waals surface area contributed by atoms with Crippen molar-refractivity contribution in [3.63, 3.8) is 0 Å². The average molecular weight is 255 g/mol. The van der Waals surface area contributed by atoms with E-state index >= 15 is 0 Å². The van der Waals surface area contributed by atoms with E-state index in [1.165, 1.54) is 19.4 Å². The van der Waals surface area contributed by atoms with E-state index in [0.29, 0.717) is 19.0 Å². The predicted molar refractivity (Wildman–Crippen MR) is 70.5 cm³/mol. The zero-order chi connectivity index (χ0) is 13.2.